The first-order valence-corrected chi connectivity index (χ1v) is 6.65. The van der Waals surface area contributed by atoms with E-state index in [4.69, 9.17) is 9.41 Å². The van der Waals surface area contributed by atoms with Gasteiger partial charge in [-0.2, -0.15) is 5.10 Å². The number of hydrogen-bond acceptors (Lipinski definition) is 4. The summed E-state index contributed by atoms with van der Waals surface area (Å²) in [5.74, 6) is 1.51. The van der Waals surface area contributed by atoms with E-state index in [0.717, 1.165) is 17.8 Å². The second kappa shape index (κ2) is 4.96. The molecule has 20 heavy (non-hydrogen) atoms. The first-order chi connectivity index (χ1) is 9.64. The zero-order chi connectivity index (χ0) is 14.0. The van der Waals surface area contributed by atoms with Crippen LogP contribution in [0.3, 0.4) is 0 Å². The summed E-state index contributed by atoms with van der Waals surface area (Å²) in [7, 11) is 0. The molecule has 2 aromatic rings. The Balaban J connectivity index is 1.85. The second-order valence-electron chi connectivity index (χ2n) is 5.49. The van der Waals surface area contributed by atoms with E-state index in [9.17, 15) is 0 Å². The van der Waals surface area contributed by atoms with Gasteiger partial charge in [0.05, 0.1) is 18.0 Å². The second-order valence-corrected chi connectivity index (χ2v) is 5.49. The van der Waals surface area contributed by atoms with Crippen molar-refractivity contribution in [3.8, 4) is 0 Å². The summed E-state index contributed by atoms with van der Waals surface area (Å²) in [6.07, 6.45) is 4.21. The first-order valence-electron chi connectivity index (χ1n) is 6.65. The quantitative estimate of drug-likeness (QED) is 0.671. The Morgan fingerprint density at radius 2 is 2.10 bits per heavy atom. The van der Waals surface area contributed by atoms with Gasteiger partial charge in [-0.3, -0.25) is 10.4 Å². The van der Waals surface area contributed by atoms with Crippen molar-refractivity contribution >= 4 is 12.1 Å². The van der Waals surface area contributed by atoms with Gasteiger partial charge in [0.25, 0.3) is 0 Å². The van der Waals surface area contributed by atoms with Crippen LogP contribution in [0.25, 0.3) is 0 Å². The van der Waals surface area contributed by atoms with Gasteiger partial charge in [0.2, 0.25) is 0 Å². The summed E-state index contributed by atoms with van der Waals surface area (Å²) < 4.78 is 5.20. The normalized spacial score (nSPS) is 16.8. The van der Waals surface area contributed by atoms with Crippen molar-refractivity contribution in [3.05, 3.63) is 59.5 Å². The summed E-state index contributed by atoms with van der Waals surface area (Å²) in [6.45, 7) is 4.25. The molecule has 3 rings (SSSR count). The molecule has 1 N–H and O–H groups in total. The predicted octanol–water partition coefficient (Wildman–Crippen LogP) is 2.98. The molecule has 0 bridgehead atoms. The number of rotatable bonds is 2. The van der Waals surface area contributed by atoms with Crippen molar-refractivity contribution in [2.24, 2.45) is 10.1 Å². The van der Waals surface area contributed by atoms with Gasteiger partial charge in [0.1, 0.15) is 11.6 Å². The topological polar surface area (TPSA) is 49.9 Å². The number of amidine groups is 1. The van der Waals surface area contributed by atoms with Gasteiger partial charge in [-0.15, -0.1) is 0 Å². The van der Waals surface area contributed by atoms with Crippen LogP contribution in [0.1, 0.15) is 30.7 Å². The van der Waals surface area contributed by atoms with Crippen LogP contribution >= 0.6 is 0 Å². The monoisotopic (exact) mass is 267 g/mol. The van der Waals surface area contributed by atoms with Gasteiger partial charge in [0.15, 0.2) is 0 Å². The molecule has 102 valence electrons. The minimum Gasteiger partial charge on any atom is -0.463 e. The summed E-state index contributed by atoms with van der Waals surface area (Å²) >= 11 is 0. The zero-order valence-electron chi connectivity index (χ0n) is 11.6. The van der Waals surface area contributed by atoms with Crippen LogP contribution in [0.5, 0.6) is 0 Å². The Hall–Kier alpha value is -2.36. The molecule has 1 aliphatic rings. The fourth-order valence-electron chi connectivity index (χ4n) is 2.38. The Kier molecular flexibility index (Phi) is 3.14. The first kappa shape index (κ1) is 12.7. The molecule has 0 aliphatic carbocycles. The highest BCUT2D eigenvalue weighted by atomic mass is 16.3. The Bertz CT molecular complexity index is 654. The van der Waals surface area contributed by atoms with Crippen LogP contribution in [0.4, 0.5) is 0 Å². The van der Waals surface area contributed by atoms with Crippen LogP contribution in [0, 0.1) is 0 Å². The van der Waals surface area contributed by atoms with Crippen LogP contribution in [0.15, 0.2) is 57.2 Å². The fraction of sp³-hybridized carbons (Fsp3) is 0.250. The maximum absolute atomic E-state index is 5.20. The maximum atomic E-state index is 5.20. The summed E-state index contributed by atoms with van der Waals surface area (Å²) in [4.78, 5) is 4.74. The standard InChI is InChI=1S/C16H17N3O/c1-16(2)10-12-6-3-4-8-14(12)15(18-16)19-17-11-13-7-5-9-20-13/h3-9,11H,10H2,1-2H3,(H,18,19)/b17-11-. The van der Waals surface area contributed by atoms with Gasteiger partial charge in [-0.1, -0.05) is 24.3 Å². The number of furan rings is 1. The molecule has 4 nitrogen and oxygen atoms in total. The van der Waals surface area contributed by atoms with E-state index in [0.29, 0.717) is 5.76 Å². The molecule has 0 radical (unpaired) electrons. The number of aliphatic imine (C=N–C) groups is 1. The number of fused-ring (bicyclic) bond motifs is 1. The molecule has 0 spiro atoms. The zero-order valence-corrected chi connectivity index (χ0v) is 11.6. The number of nitrogens with one attached hydrogen (secondary N) is 1. The lowest BCUT2D eigenvalue weighted by atomic mass is 9.89. The van der Waals surface area contributed by atoms with Crippen LogP contribution in [-0.2, 0) is 6.42 Å². The molecule has 0 atom stereocenters. The average Bonchev–Trinajstić information content (AvgIpc) is 2.90. The van der Waals surface area contributed by atoms with Crippen molar-refractivity contribution in [2.45, 2.75) is 25.8 Å². The molecule has 0 amide bonds. The van der Waals surface area contributed by atoms with Crippen LogP contribution in [0.2, 0.25) is 0 Å². The van der Waals surface area contributed by atoms with Crippen LogP contribution in [-0.4, -0.2) is 17.6 Å². The van der Waals surface area contributed by atoms with Crippen molar-refractivity contribution in [2.75, 3.05) is 0 Å². The van der Waals surface area contributed by atoms with Crippen molar-refractivity contribution in [1.29, 1.82) is 0 Å². The molecule has 1 aromatic carbocycles. The van der Waals surface area contributed by atoms with Crippen molar-refractivity contribution in [1.82, 2.24) is 5.43 Å². The number of nitrogens with zero attached hydrogens (tertiary/aromatic N) is 2. The summed E-state index contributed by atoms with van der Waals surface area (Å²) in [5, 5.41) is 4.20. The third kappa shape index (κ3) is 2.64. The summed E-state index contributed by atoms with van der Waals surface area (Å²) in [5.41, 5.74) is 5.33. The molecule has 1 aliphatic heterocycles. The lowest BCUT2D eigenvalue weighted by Gasteiger charge is -2.28. The summed E-state index contributed by atoms with van der Waals surface area (Å²) in [6, 6.07) is 12.0. The molecular formula is C16H17N3O. The van der Waals surface area contributed by atoms with Gasteiger partial charge in [-0.05, 0) is 38.0 Å². The van der Waals surface area contributed by atoms with Gasteiger partial charge in [0, 0.05) is 5.56 Å². The van der Waals surface area contributed by atoms with E-state index in [1.165, 1.54) is 5.56 Å². The van der Waals surface area contributed by atoms with E-state index in [1.54, 1.807) is 12.5 Å². The van der Waals surface area contributed by atoms with Gasteiger partial charge in [-0.25, -0.2) is 0 Å². The third-order valence-corrected chi connectivity index (χ3v) is 3.22. The molecular weight excluding hydrogens is 250 g/mol. The maximum Gasteiger partial charge on any atom is 0.149 e. The van der Waals surface area contributed by atoms with Crippen molar-refractivity contribution in [3.63, 3.8) is 0 Å². The number of hydrogen-bond donors (Lipinski definition) is 1. The minimum atomic E-state index is -0.114. The predicted molar refractivity (Wildman–Crippen MR) is 80.2 cm³/mol. The molecule has 2 heterocycles. The average molecular weight is 267 g/mol. The molecule has 0 saturated carbocycles. The minimum absolute atomic E-state index is 0.114. The number of hydrazone groups is 1. The van der Waals surface area contributed by atoms with E-state index in [1.807, 2.05) is 18.2 Å². The highest BCUT2D eigenvalue weighted by Crippen LogP contribution is 2.25. The van der Waals surface area contributed by atoms with Gasteiger partial charge >= 0.3 is 0 Å². The highest BCUT2D eigenvalue weighted by molar-refractivity contribution is 6.01. The van der Waals surface area contributed by atoms with E-state index < -0.39 is 0 Å². The fourth-order valence-corrected chi connectivity index (χ4v) is 2.38. The third-order valence-electron chi connectivity index (χ3n) is 3.22. The molecule has 0 fully saturated rings. The lowest BCUT2D eigenvalue weighted by Crippen LogP contribution is -2.34. The Labute approximate surface area is 118 Å². The smallest absolute Gasteiger partial charge is 0.149 e. The van der Waals surface area contributed by atoms with Gasteiger partial charge < -0.3 is 4.42 Å². The number of benzene rings is 1. The van der Waals surface area contributed by atoms with E-state index >= 15 is 0 Å². The molecule has 0 saturated heterocycles. The molecule has 1 aromatic heterocycles. The van der Waals surface area contributed by atoms with E-state index in [-0.39, 0.29) is 5.54 Å². The molecule has 0 unspecified atom stereocenters. The van der Waals surface area contributed by atoms with E-state index in [2.05, 4.69) is 42.6 Å². The Morgan fingerprint density at radius 1 is 1.25 bits per heavy atom. The molecule has 4 heteroatoms. The highest BCUT2D eigenvalue weighted by Gasteiger charge is 2.26. The SMILES string of the molecule is CC1(C)Cc2ccccc2C(N/N=C\c2ccco2)=N1. The largest absolute Gasteiger partial charge is 0.463 e. The Morgan fingerprint density at radius 3 is 2.90 bits per heavy atom. The van der Waals surface area contributed by atoms with Crippen LogP contribution < -0.4 is 5.43 Å². The lowest BCUT2D eigenvalue weighted by molar-refractivity contribution is 0.509. The van der Waals surface area contributed by atoms with Crippen molar-refractivity contribution < 1.29 is 4.42 Å².